The molecule has 0 radical (unpaired) electrons. The number of sulfonamides is 1. The molecule has 0 spiro atoms. The number of fused-ring (bicyclic) bond motifs is 3. The topological polar surface area (TPSA) is 195 Å². The summed E-state index contributed by atoms with van der Waals surface area (Å²) in [5, 5.41) is 9.30. The molecule has 2 aliphatic heterocycles. The molecule has 15 nitrogen and oxygen atoms in total. The minimum absolute atomic E-state index is 0.0493. The van der Waals surface area contributed by atoms with E-state index in [9.17, 15) is 36.0 Å². The Morgan fingerprint density at radius 3 is 2.42 bits per heavy atom. The summed E-state index contributed by atoms with van der Waals surface area (Å²) >= 11 is 1.47. The smallest absolute Gasteiger partial charge is 0.427 e. The molecule has 1 saturated heterocycles. The fraction of sp³-hybridized carbons (Fsp3) is 0.617. The Hall–Kier alpha value is -4.98. The predicted molar refractivity (Wildman–Crippen MR) is 246 cm³/mol. The third-order valence-corrected chi connectivity index (χ3v) is 16.8. The van der Waals surface area contributed by atoms with Crippen molar-refractivity contribution in [2.45, 2.75) is 152 Å². The van der Waals surface area contributed by atoms with Crippen LogP contribution in [-0.4, -0.2) is 101 Å². The second kappa shape index (κ2) is 18.2. The number of rotatable bonds is 10. The molecule has 4 heterocycles. The molecule has 7 rings (SSSR count). The lowest BCUT2D eigenvalue weighted by atomic mass is 9.85. The molecular weight excluding hydrogens is 914 g/mol. The van der Waals surface area contributed by atoms with Gasteiger partial charge in [0.1, 0.15) is 34.5 Å². The van der Waals surface area contributed by atoms with Crippen LogP contribution in [0.2, 0.25) is 0 Å². The number of nitrogens with one attached hydrogen (secondary N) is 3. The molecule has 2 aliphatic carbocycles. The number of carbonyl (C=O) groups is 4. The van der Waals surface area contributed by atoms with Crippen LogP contribution < -0.4 is 24.8 Å². The maximum atomic E-state index is 15.1. The van der Waals surface area contributed by atoms with Gasteiger partial charge in [-0.2, -0.15) is 13.2 Å². The van der Waals surface area contributed by atoms with Gasteiger partial charge in [-0.15, -0.1) is 11.3 Å². The molecule has 4 amide bonds. The zero-order valence-electron chi connectivity index (χ0n) is 39.3. The van der Waals surface area contributed by atoms with Crippen LogP contribution in [0.5, 0.6) is 11.6 Å². The summed E-state index contributed by atoms with van der Waals surface area (Å²) in [6.07, 6.45) is 0.535. The van der Waals surface area contributed by atoms with Crippen LogP contribution in [-0.2, 0) is 34.6 Å². The molecule has 0 unspecified atom stereocenters. The average molecular weight is 975 g/mol. The number of amides is 4. The van der Waals surface area contributed by atoms with Gasteiger partial charge in [-0.3, -0.25) is 19.1 Å². The fourth-order valence-corrected chi connectivity index (χ4v) is 11.1. The summed E-state index contributed by atoms with van der Waals surface area (Å²) in [6, 6.07) is 2.56. The van der Waals surface area contributed by atoms with Gasteiger partial charge in [0.2, 0.25) is 33.3 Å². The first kappa shape index (κ1) is 49.9. The van der Waals surface area contributed by atoms with Crippen LogP contribution in [0.1, 0.15) is 112 Å². The quantitative estimate of drug-likeness (QED) is 0.168. The molecule has 366 valence electrons. The first-order valence-electron chi connectivity index (χ1n) is 22.7. The molecule has 7 atom stereocenters. The van der Waals surface area contributed by atoms with E-state index < -0.39 is 85.9 Å². The molecule has 1 aromatic carbocycles. The highest BCUT2D eigenvalue weighted by Crippen LogP contribution is 2.48. The Morgan fingerprint density at radius 1 is 1.07 bits per heavy atom. The lowest BCUT2D eigenvalue weighted by molar-refractivity contribution is -0.244. The van der Waals surface area contributed by atoms with E-state index in [2.05, 4.69) is 36.1 Å². The molecule has 67 heavy (non-hydrogen) atoms. The molecule has 3 aromatic rings. The van der Waals surface area contributed by atoms with Gasteiger partial charge in [0, 0.05) is 45.7 Å². The van der Waals surface area contributed by atoms with Crippen LogP contribution in [0.3, 0.4) is 0 Å². The van der Waals surface area contributed by atoms with Gasteiger partial charge < -0.3 is 29.7 Å². The second-order valence-electron chi connectivity index (χ2n) is 20.3. The number of carbonyl (C=O) groups excluding carboxylic acids is 4. The van der Waals surface area contributed by atoms with Gasteiger partial charge in [0.15, 0.2) is 0 Å². The van der Waals surface area contributed by atoms with E-state index in [1.54, 1.807) is 45.4 Å². The summed E-state index contributed by atoms with van der Waals surface area (Å²) in [6.45, 7) is 12.7. The standard InChI is InChI=1S/C47H61F3N6O9S2/c1-10-27-19-26(2)13-11-12-14-28-22-46(28,41(59)55-67(61,62)45(8)17-18-45)54-37(57)34-21-30(24-56(34)40(58)36(27)53-42(60)65-44(6,7)47(48,49)50)64-38-31-16-15-29(63-9)20-32(31)33(23-51-38)39-52-35(25-66-39)43(3,4)5/h12,14-16,20,23,25-28,30,34,36H,10-11,13,17-19,21-22,24H2,1-9H3,(H,53,60)(H,54,57)(H,55,59)/b14-12-/t26-,27-,28-,30-,34+,36+,46-/m1/s1. The number of methoxy groups -OCH3 is 1. The number of ether oxygens (including phenoxy) is 3. The monoisotopic (exact) mass is 974 g/mol. The number of pyridine rings is 1. The number of aromatic nitrogens is 2. The van der Waals surface area contributed by atoms with Crippen molar-refractivity contribution in [1.82, 2.24) is 30.2 Å². The molecular formula is C47H61F3N6O9S2. The van der Waals surface area contributed by atoms with E-state index in [-0.39, 0.29) is 36.6 Å². The number of benzene rings is 1. The zero-order chi connectivity index (χ0) is 49.1. The number of thiazole rings is 1. The van der Waals surface area contributed by atoms with Gasteiger partial charge in [-0.25, -0.2) is 23.2 Å². The summed E-state index contributed by atoms with van der Waals surface area (Å²) in [5.41, 5.74) is -3.16. The number of hydrogen-bond acceptors (Lipinski definition) is 12. The lowest BCUT2D eigenvalue weighted by Gasteiger charge is -2.35. The van der Waals surface area contributed by atoms with Gasteiger partial charge in [-0.1, -0.05) is 53.2 Å². The van der Waals surface area contributed by atoms with E-state index in [1.807, 2.05) is 24.4 Å². The Balaban J connectivity index is 1.27. The molecule has 3 fully saturated rings. The van der Waals surface area contributed by atoms with Gasteiger partial charge in [0.25, 0.3) is 5.91 Å². The van der Waals surface area contributed by atoms with Crippen LogP contribution in [0, 0.1) is 17.8 Å². The largest absolute Gasteiger partial charge is 0.497 e. The van der Waals surface area contributed by atoms with Crippen molar-refractivity contribution >= 4 is 55.9 Å². The highest BCUT2D eigenvalue weighted by Gasteiger charge is 2.63. The normalized spacial score (nSPS) is 27.4. The Kier molecular flexibility index (Phi) is 13.5. The van der Waals surface area contributed by atoms with E-state index in [0.29, 0.717) is 68.9 Å². The number of allylic oxidation sites excluding steroid dienone is 1. The van der Waals surface area contributed by atoms with Gasteiger partial charge in [-0.05, 0) is 89.3 Å². The van der Waals surface area contributed by atoms with Gasteiger partial charge in [0.05, 0.1) is 24.1 Å². The van der Waals surface area contributed by atoms with Crippen molar-refractivity contribution in [3.8, 4) is 22.2 Å². The van der Waals surface area contributed by atoms with Crippen LogP contribution in [0.15, 0.2) is 41.9 Å². The van der Waals surface area contributed by atoms with Crippen LogP contribution in [0.4, 0.5) is 18.0 Å². The summed E-state index contributed by atoms with van der Waals surface area (Å²) in [7, 11) is -2.56. The molecule has 3 N–H and O–H groups in total. The molecule has 20 heteroatoms. The Morgan fingerprint density at radius 2 is 1.79 bits per heavy atom. The highest BCUT2D eigenvalue weighted by molar-refractivity contribution is 7.91. The van der Waals surface area contributed by atoms with Crippen molar-refractivity contribution in [3.05, 3.63) is 47.6 Å². The van der Waals surface area contributed by atoms with Crippen LogP contribution >= 0.6 is 11.3 Å². The third-order valence-electron chi connectivity index (χ3n) is 13.7. The summed E-state index contributed by atoms with van der Waals surface area (Å²) < 4.78 is 86.7. The number of hydrogen-bond donors (Lipinski definition) is 3. The summed E-state index contributed by atoms with van der Waals surface area (Å²) in [5.74, 6) is -2.95. The average Bonchev–Trinajstić information content (AvgIpc) is 4.02. The molecule has 0 bridgehead atoms. The van der Waals surface area contributed by atoms with Crippen molar-refractivity contribution in [2.75, 3.05) is 13.7 Å². The zero-order valence-corrected chi connectivity index (χ0v) is 41.0. The van der Waals surface area contributed by atoms with Crippen LogP contribution in [0.25, 0.3) is 21.3 Å². The van der Waals surface area contributed by atoms with Crippen molar-refractivity contribution < 1.29 is 55.0 Å². The second-order valence-corrected chi connectivity index (χ2v) is 23.4. The van der Waals surface area contributed by atoms with Crippen molar-refractivity contribution in [3.63, 3.8) is 0 Å². The third kappa shape index (κ3) is 10.2. The molecule has 2 saturated carbocycles. The molecule has 2 aromatic heterocycles. The van der Waals surface area contributed by atoms with E-state index in [1.165, 1.54) is 16.2 Å². The van der Waals surface area contributed by atoms with E-state index >= 15 is 4.79 Å². The number of alkyl halides is 3. The van der Waals surface area contributed by atoms with Crippen molar-refractivity contribution in [2.24, 2.45) is 17.8 Å². The lowest BCUT2D eigenvalue weighted by Crippen LogP contribution is -2.60. The predicted octanol–water partition coefficient (Wildman–Crippen LogP) is 7.72. The number of halogens is 3. The maximum absolute atomic E-state index is 15.1. The van der Waals surface area contributed by atoms with Crippen molar-refractivity contribution in [1.29, 1.82) is 0 Å². The molecule has 4 aliphatic rings. The first-order valence-corrected chi connectivity index (χ1v) is 25.1. The first-order chi connectivity index (χ1) is 31.2. The van der Waals surface area contributed by atoms with E-state index in [4.69, 9.17) is 24.2 Å². The number of alkyl carbamates (subject to hydrolysis) is 1. The minimum atomic E-state index is -4.93. The van der Waals surface area contributed by atoms with E-state index in [0.717, 1.165) is 16.3 Å². The summed E-state index contributed by atoms with van der Waals surface area (Å²) in [4.78, 5) is 68.3. The van der Waals surface area contributed by atoms with Gasteiger partial charge >= 0.3 is 12.3 Å². The maximum Gasteiger partial charge on any atom is 0.427 e. The fourth-order valence-electron chi connectivity index (χ4n) is 8.75. The Labute approximate surface area is 393 Å². The highest BCUT2D eigenvalue weighted by atomic mass is 32.2. The Bertz CT molecular complexity index is 2550. The SMILES string of the molecule is CC[C@@H]1C[C@H](C)CC/C=C\[C@@H]2C[C@@]2(C(=O)NS(=O)(=O)C2(C)CC2)NC(=O)[C@@H]2C[C@@H](Oc3ncc(-c4nc(C(C)(C)C)cs4)c4cc(OC)ccc34)CN2C(=O)[C@H]1NC(=O)OC(C)(C)C(F)(F)F. The number of nitrogens with zero attached hydrogens (tertiary/aromatic N) is 3. The minimum Gasteiger partial charge on any atom is -0.497 e.